The highest BCUT2D eigenvalue weighted by atomic mass is 19.1. The predicted molar refractivity (Wildman–Crippen MR) is 90.5 cm³/mol. The maximum Gasteiger partial charge on any atom is 0.254 e. The number of halogens is 2. The zero-order valence-corrected chi connectivity index (χ0v) is 14.2. The molecule has 0 radical (unpaired) electrons. The van der Waals surface area contributed by atoms with Gasteiger partial charge in [-0.25, -0.2) is 8.78 Å². The van der Waals surface area contributed by atoms with Crippen LogP contribution in [0.2, 0.25) is 0 Å². The summed E-state index contributed by atoms with van der Waals surface area (Å²) in [5.74, 6) is -1.64. The fourth-order valence-corrected chi connectivity index (χ4v) is 2.90. The van der Waals surface area contributed by atoms with Crippen LogP contribution < -0.4 is 10.5 Å². The molecule has 0 saturated heterocycles. The molecule has 0 spiro atoms. The Hall–Kier alpha value is -2.96. The number of benzene rings is 2. The van der Waals surface area contributed by atoms with E-state index >= 15 is 0 Å². The fraction of sp³-hybridized carbons (Fsp3) is 0.263. The van der Waals surface area contributed by atoms with E-state index in [1.54, 1.807) is 25.1 Å². The normalized spacial score (nSPS) is 14.7. The molecule has 136 valence electrons. The topological polar surface area (TPSA) is 72.6 Å². The van der Waals surface area contributed by atoms with Gasteiger partial charge in [0.1, 0.15) is 30.0 Å². The number of fused-ring (bicyclic) bond motifs is 1. The van der Waals surface area contributed by atoms with E-state index in [0.29, 0.717) is 24.3 Å². The van der Waals surface area contributed by atoms with Gasteiger partial charge in [-0.3, -0.25) is 9.59 Å². The molecule has 26 heavy (non-hydrogen) atoms. The lowest BCUT2D eigenvalue weighted by atomic mass is 9.97. The summed E-state index contributed by atoms with van der Waals surface area (Å²) in [5, 5.41) is 0. The number of amides is 2. The van der Waals surface area contributed by atoms with Crippen molar-refractivity contribution < 1.29 is 23.1 Å². The van der Waals surface area contributed by atoms with Crippen LogP contribution in [0.1, 0.15) is 28.4 Å². The maximum atomic E-state index is 13.7. The Labute approximate surface area is 149 Å². The largest absolute Gasteiger partial charge is 0.489 e. The van der Waals surface area contributed by atoms with Gasteiger partial charge in [-0.2, -0.15) is 0 Å². The van der Waals surface area contributed by atoms with Crippen molar-refractivity contribution >= 4 is 11.8 Å². The molecule has 7 heteroatoms. The second-order valence-electron chi connectivity index (χ2n) is 6.17. The van der Waals surface area contributed by atoms with E-state index in [-0.39, 0.29) is 18.1 Å². The first-order chi connectivity index (χ1) is 12.4. The number of hydrogen-bond acceptors (Lipinski definition) is 3. The van der Waals surface area contributed by atoms with Crippen LogP contribution in [0.5, 0.6) is 5.75 Å². The molecule has 2 amide bonds. The number of primary amides is 1. The molecule has 1 aliphatic rings. The first-order valence-corrected chi connectivity index (χ1v) is 8.16. The van der Waals surface area contributed by atoms with Crippen LogP contribution in [-0.2, 0) is 17.8 Å². The third kappa shape index (κ3) is 3.51. The molecule has 0 saturated carbocycles. The number of ether oxygens (including phenoxy) is 1. The highest BCUT2D eigenvalue weighted by molar-refractivity contribution is 5.99. The smallest absolute Gasteiger partial charge is 0.254 e. The summed E-state index contributed by atoms with van der Waals surface area (Å²) < 4.78 is 32.1. The Morgan fingerprint density at radius 1 is 1.27 bits per heavy atom. The van der Waals surface area contributed by atoms with Crippen molar-refractivity contribution in [2.24, 2.45) is 5.73 Å². The van der Waals surface area contributed by atoms with Gasteiger partial charge in [0.05, 0.1) is 0 Å². The highest BCUT2D eigenvalue weighted by Crippen LogP contribution is 2.25. The van der Waals surface area contributed by atoms with Crippen molar-refractivity contribution in [1.29, 1.82) is 0 Å². The van der Waals surface area contributed by atoms with Crippen LogP contribution >= 0.6 is 0 Å². The molecular weight excluding hydrogens is 342 g/mol. The molecule has 0 bridgehead atoms. The third-order valence-electron chi connectivity index (χ3n) is 4.48. The fourth-order valence-electron chi connectivity index (χ4n) is 2.90. The van der Waals surface area contributed by atoms with Crippen molar-refractivity contribution in [2.75, 3.05) is 6.54 Å². The van der Waals surface area contributed by atoms with E-state index in [2.05, 4.69) is 0 Å². The zero-order valence-electron chi connectivity index (χ0n) is 14.2. The lowest BCUT2D eigenvalue weighted by Crippen LogP contribution is -2.49. The summed E-state index contributed by atoms with van der Waals surface area (Å²) >= 11 is 0. The second-order valence-corrected chi connectivity index (χ2v) is 6.17. The number of carbonyl (C=O) groups excluding carboxylic acids is 2. The van der Waals surface area contributed by atoms with E-state index in [4.69, 9.17) is 10.5 Å². The molecule has 1 aliphatic heterocycles. The summed E-state index contributed by atoms with van der Waals surface area (Å²) in [4.78, 5) is 25.3. The Kier molecular flexibility index (Phi) is 4.88. The van der Waals surface area contributed by atoms with Crippen LogP contribution in [-0.4, -0.2) is 29.3 Å². The molecule has 0 aliphatic carbocycles. The second kappa shape index (κ2) is 7.11. The Balaban J connectivity index is 1.74. The van der Waals surface area contributed by atoms with E-state index in [9.17, 15) is 18.4 Å². The highest BCUT2D eigenvalue weighted by Gasteiger charge is 2.30. The Morgan fingerprint density at radius 2 is 2.04 bits per heavy atom. The summed E-state index contributed by atoms with van der Waals surface area (Å²) in [6.45, 7) is 1.93. The molecular formula is C19H18F2N2O3. The van der Waals surface area contributed by atoms with Crippen LogP contribution in [0.15, 0.2) is 36.4 Å². The van der Waals surface area contributed by atoms with E-state index < -0.39 is 23.6 Å². The van der Waals surface area contributed by atoms with Crippen molar-refractivity contribution in [3.8, 4) is 5.75 Å². The van der Waals surface area contributed by atoms with E-state index in [0.717, 1.165) is 11.6 Å². The lowest BCUT2D eigenvalue weighted by molar-refractivity contribution is -0.122. The van der Waals surface area contributed by atoms with Gasteiger partial charge in [-0.05, 0) is 49.2 Å². The Morgan fingerprint density at radius 3 is 2.73 bits per heavy atom. The summed E-state index contributed by atoms with van der Waals surface area (Å²) in [7, 11) is 0. The molecule has 2 aromatic rings. The first kappa shape index (κ1) is 17.8. The Bertz CT molecular complexity index is 870. The number of nitrogens with two attached hydrogens (primary N) is 1. The van der Waals surface area contributed by atoms with Crippen LogP contribution in [0.3, 0.4) is 0 Å². The maximum absolute atomic E-state index is 13.7. The van der Waals surface area contributed by atoms with Crippen LogP contribution in [0.4, 0.5) is 8.78 Å². The van der Waals surface area contributed by atoms with Crippen LogP contribution in [0.25, 0.3) is 0 Å². The monoisotopic (exact) mass is 360 g/mol. The SMILES string of the molecule is CC(C(N)=O)N1CCc2cc(OCc3ccc(F)cc3F)ccc2C1=O. The van der Waals surface area contributed by atoms with Gasteiger partial charge >= 0.3 is 0 Å². The van der Waals surface area contributed by atoms with Gasteiger partial charge in [-0.1, -0.05) is 0 Å². The van der Waals surface area contributed by atoms with Gasteiger partial charge < -0.3 is 15.4 Å². The predicted octanol–water partition coefficient (Wildman–Crippen LogP) is 2.42. The minimum absolute atomic E-state index is 0.0519. The molecule has 0 aromatic heterocycles. The lowest BCUT2D eigenvalue weighted by Gasteiger charge is -2.32. The van der Waals surface area contributed by atoms with Gasteiger partial charge in [0.15, 0.2) is 0 Å². The van der Waals surface area contributed by atoms with E-state index in [1.165, 1.54) is 17.0 Å². The molecule has 0 fully saturated rings. The average Bonchev–Trinajstić information content (AvgIpc) is 2.60. The minimum Gasteiger partial charge on any atom is -0.489 e. The number of carbonyl (C=O) groups is 2. The molecule has 1 unspecified atom stereocenters. The molecule has 1 heterocycles. The molecule has 1 atom stereocenters. The zero-order chi connectivity index (χ0) is 18.8. The van der Waals surface area contributed by atoms with Gasteiger partial charge in [0.2, 0.25) is 5.91 Å². The van der Waals surface area contributed by atoms with Crippen molar-refractivity contribution in [3.63, 3.8) is 0 Å². The van der Waals surface area contributed by atoms with Crippen LogP contribution in [0, 0.1) is 11.6 Å². The minimum atomic E-state index is -0.673. The number of nitrogens with zero attached hydrogens (tertiary/aromatic N) is 1. The standard InChI is InChI=1S/C19H18F2N2O3/c1-11(18(22)24)23-7-6-12-8-15(4-5-16(12)19(23)25)26-10-13-2-3-14(20)9-17(13)21/h2-5,8-9,11H,6-7,10H2,1H3,(H2,22,24). The summed E-state index contributed by atoms with van der Waals surface area (Å²) in [6, 6.07) is 7.58. The molecule has 2 N–H and O–H groups in total. The van der Waals surface area contributed by atoms with Crippen molar-refractivity contribution in [2.45, 2.75) is 26.0 Å². The summed E-state index contributed by atoms with van der Waals surface area (Å²) in [6.07, 6.45) is 0.556. The van der Waals surface area contributed by atoms with Gasteiger partial charge in [0, 0.05) is 23.7 Å². The van der Waals surface area contributed by atoms with Crippen molar-refractivity contribution in [3.05, 3.63) is 64.7 Å². The quantitative estimate of drug-likeness (QED) is 0.890. The number of hydrogen-bond donors (Lipinski definition) is 1. The molecule has 5 nitrogen and oxygen atoms in total. The molecule has 3 rings (SSSR count). The van der Waals surface area contributed by atoms with Gasteiger partial charge in [0.25, 0.3) is 5.91 Å². The number of rotatable bonds is 5. The van der Waals surface area contributed by atoms with E-state index in [1.807, 2.05) is 0 Å². The molecule has 2 aromatic carbocycles. The first-order valence-electron chi connectivity index (χ1n) is 8.16. The van der Waals surface area contributed by atoms with Crippen molar-refractivity contribution in [1.82, 2.24) is 4.90 Å². The average molecular weight is 360 g/mol. The van der Waals surface area contributed by atoms with Gasteiger partial charge in [-0.15, -0.1) is 0 Å². The summed E-state index contributed by atoms with van der Waals surface area (Å²) in [5.41, 5.74) is 6.80. The third-order valence-corrected chi connectivity index (χ3v) is 4.48.